The Labute approximate surface area is 107 Å². The number of hydrogen-bond acceptors (Lipinski definition) is 4. The Kier molecular flexibility index (Phi) is 3.81. The van der Waals surface area contributed by atoms with E-state index in [1.54, 1.807) is 0 Å². The summed E-state index contributed by atoms with van der Waals surface area (Å²) in [5, 5.41) is 0. The lowest BCUT2D eigenvalue weighted by atomic mass is 9.95. The number of hydrogen-bond donors (Lipinski definition) is 2. The molecule has 0 saturated heterocycles. The molecule has 0 bridgehead atoms. The first kappa shape index (κ1) is 12.8. The van der Waals surface area contributed by atoms with E-state index in [4.69, 9.17) is 10.5 Å². The zero-order valence-electron chi connectivity index (χ0n) is 11.1. The number of nitrogens with one attached hydrogen (secondary N) is 1. The molecule has 2 aromatic heterocycles. The summed E-state index contributed by atoms with van der Waals surface area (Å²) >= 11 is 0. The first-order chi connectivity index (χ1) is 8.65. The highest BCUT2D eigenvalue weighted by Gasteiger charge is 2.18. The second kappa shape index (κ2) is 5.35. The molecule has 2 rings (SSSR count). The van der Waals surface area contributed by atoms with Crippen LogP contribution in [0.5, 0.6) is 5.88 Å². The quantitative estimate of drug-likeness (QED) is 0.849. The van der Waals surface area contributed by atoms with Crippen molar-refractivity contribution in [3.8, 4) is 5.88 Å². The SMILES string of the molecule is CCOc1ccc2[nH]c(C(CN)C(C)C)nc2n1. The largest absolute Gasteiger partial charge is 0.478 e. The molecule has 2 heterocycles. The van der Waals surface area contributed by atoms with Crippen LogP contribution in [0, 0.1) is 5.92 Å². The Balaban J connectivity index is 2.37. The molecule has 0 amide bonds. The molecule has 18 heavy (non-hydrogen) atoms. The summed E-state index contributed by atoms with van der Waals surface area (Å²) in [6.45, 7) is 7.40. The summed E-state index contributed by atoms with van der Waals surface area (Å²) in [5.74, 6) is 2.19. The molecule has 0 radical (unpaired) electrons. The molecule has 1 unspecified atom stereocenters. The number of aromatic nitrogens is 3. The molecule has 0 aliphatic rings. The molecule has 0 aliphatic heterocycles. The van der Waals surface area contributed by atoms with E-state index in [1.165, 1.54) is 0 Å². The lowest BCUT2D eigenvalue weighted by Gasteiger charge is -2.15. The van der Waals surface area contributed by atoms with E-state index in [1.807, 2.05) is 19.1 Å². The zero-order chi connectivity index (χ0) is 13.1. The number of nitrogens with zero attached hydrogens (tertiary/aromatic N) is 2. The van der Waals surface area contributed by atoms with Crippen molar-refractivity contribution in [1.82, 2.24) is 15.0 Å². The van der Waals surface area contributed by atoms with Crippen LogP contribution in [-0.4, -0.2) is 28.1 Å². The molecule has 1 atom stereocenters. The summed E-state index contributed by atoms with van der Waals surface area (Å²) in [7, 11) is 0. The molecule has 5 nitrogen and oxygen atoms in total. The fourth-order valence-electron chi connectivity index (χ4n) is 2.00. The Morgan fingerprint density at radius 1 is 1.33 bits per heavy atom. The number of fused-ring (bicyclic) bond motifs is 1. The minimum absolute atomic E-state index is 0.231. The van der Waals surface area contributed by atoms with Crippen LogP contribution < -0.4 is 10.5 Å². The summed E-state index contributed by atoms with van der Waals surface area (Å²) in [4.78, 5) is 12.2. The molecule has 98 valence electrons. The van der Waals surface area contributed by atoms with Crippen molar-refractivity contribution in [3.63, 3.8) is 0 Å². The smallest absolute Gasteiger partial charge is 0.215 e. The van der Waals surface area contributed by atoms with Gasteiger partial charge in [-0.05, 0) is 18.9 Å². The van der Waals surface area contributed by atoms with Crippen molar-refractivity contribution in [2.24, 2.45) is 11.7 Å². The average Bonchev–Trinajstić information content (AvgIpc) is 2.72. The van der Waals surface area contributed by atoms with Crippen LogP contribution in [-0.2, 0) is 0 Å². The molecule has 5 heteroatoms. The van der Waals surface area contributed by atoms with Crippen LogP contribution in [0.25, 0.3) is 11.2 Å². The lowest BCUT2D eigenvalue weighted by molar-refractivity contribution is 0.328. The van der Waals surface area contributed by atoms with Gasteiger partial charge in [-0.3, -0.25) is 0 Å². The number of H-pyrrole nitrogens is 1. The van der Waals surface area contributed by atoms with Crippen molar-refractivity contribution < 1.29 is 4.74 Å². The van der Waals surface area contributed by atoms with Crippen molar-refractivity contribution in [2.45, 2.75) is 26.7 Å². The monoisotopic (exact) mass is 248 g/mol. The number of pyridine rings is 1. The summed E-state index contributed by atoms with van der Waals surface area (Å²) < 4.78 is 5.37. The van der Waals surface area contributed by atoms with Gasteiger partial charge >= 0.3 is 0 Å². The van der Waals surface area contributed by atoms with Crippen LogP contribution in [0.3, 0.4) is 0 Å². The van der Waals surface area contributed by atoms with Gasteiger partial charge in [-0.25, -0.2) is 4.98 Å². The Hall–Kier alpha value is -1.62. The van der Waals surface area contributed by atoms with Gasteiger partial charge in [0.25, 0.3) is 0 Å². The van der Waals surface area contributed by atoms with E-state index < -0.39 is 0 Å². The molecular formula is C13H20N4O. The highest BCUT2D eigenvalue weighted by Crippen LogP contribution is 2.23. The Morgan fingerprint density at radius 2 is 2.11 bits per heavy atom. The maximum Gasteiger partial charge on any atom is 0.215 e. The van der Waals surface area contributed by atoms with E-state index in [2.05, 4.69) is 28.8 Å². The fraction of sp³-hybridized carbons (Fsp3) is 0.538. The van der Waals surface area contributed by atoms with Gasteiger partial charge in [0.2, 0.25) is 5.88 Å². The predicted molar refractivity (Wildman–Crippen MR) is 71.7 cm³/mol. The molecular weight excluding hydrogens is 228 g/mol. The van der Waals surface area contributed by atoms with Crippen molar-refractivity contribution >= 4 is 11.2 Å². The van der Waals surface area contributed by atoms with Crippen molar-refractivity contribution in [1.29, 1.82) is 0 Å². The molecule has 0 saturated carbocycles. The number of ether oxygens (including phenoxy) is 1. The highest BCUT2D eigenvalue weighted by molar-refractivity contribution is 5.71. The second-order valence-electron chi connectivity index (χ2n) is 4.66. The Bertz CT molecular complexity index is 521. The summed E-state index contributed by atoms with van der Waals surface area (Å²) in [5.41, 5.74) is 7.41. The maximum absolute atomic E-state index is 5.80. The van der Waals surface area contributed by atoms with E-state index in [0.717, 1.165) is 11.3 Å². The van der Waals surface area contributed by atoms with Gasteiger partial charge < -0.3 is 15.5 Å². The van der Waals surface area contributed by atoms with Gasteiger partial charge in [0.1, 0.15) is 5.82 Å². The van der Waals surface area contributed by atoms with E-state index in [0.29, 0.717) is 30.6 Å². The summed E-state index contributed by atoms with van der Waals surface area (Å²) in [6, 6.07) is 3.79. The highest BCUT2D eigenvalue weighted by atomic mass is 16.5. The minimum atomic E-state index is 0.231. The van der Waals surface area contributed by atoms with Gasteiger partial charge in [-0.2, -0.15) is 4.98 Å². The molecule has 0 aliphatic carbocycles. The zero-order valence-corrected chi connectivity index (χ0v) is 11.1. The normalized spacial score (nSPS) is 13.2. The van der Waals surface area contributed by atoms with E-state index >= 15 is 0 Å². The third-order valence-corrected chi connectivity index (χ3v) is 3.04. The van der Waals surface area contributed by atoms with Crippen molar-refractivity contribution in [2.75, 3.05) is 13.2 Å². The summed E-state index contributed by atoms with van der Waals surface area (Å²) in [6.07, 6.45) is 0. The average molecular weight is 248 g/mol. The Morgan fingerprint density at radius 3 is 2.72 bits per heavy atom. The first-order valence-electron chi connectivity index (χ1n) is 6.35. The van der Waals surface area contributed by atoms with Crippen LogP contribution in [0.2, 0.25) is 0 Å². The van der Waals surface area contributed by atoms with Gasteiger partial charge in [-0.1, -0.05) is 13.8 Å². The number of rotatable bonds is 5. The van der Waals surface area contributed by atoms with E-state index in [9.17, 15) is 0 Å². The van der Waals surface area contributed by atoms with Gasteiger partial charge in [0.05, 0.1) is 12.1 Å². The topological polar surface area (TPSA) is 76.8 Å². The van der Waals surface area contributed by atoms with Gasteiger partial charge in [0, 0.05) is 18.5 Å². The number of imidazole rings is 1. The first-order valence-corrected chi connectivity index (χ1v) is 6.35. The third-order valence-electron chi connectivity index (χ3n) is 3.04. The van der Waals surface area contributed by atoms with Crippen LogP contribution in [0.4, 0.5) is 0 Å². The lowest BCUT2D eigenvalue weighted by Crippen LogP contribution is -2.18. The molecule has 0 spiro atoms. The second-order valence-corrected chi connectivity index (χ2v) is 4.66. The molecule has 3 N–H and O–H groups in total. The molecule has 0 fully saturated rings. The van der Waals surface area contributed by atoms with Crippen LogP contribution in [0.15, 0.2) is 12.1 Å². The van der Waals surface area contributed by atoms with Crippen molar-refractivity contribution in [3.05, 3.63) is 18.0 Å². The van der Waals surface area contributed by atoms with Gasteiger partial charge in [-0.15, -0.1) is 0 Å². The number of aromatic amines is 1. The molecule has 0 aromatic carbocycles. The van der Waals surface area contributed by atoms with Crippen LogP contribution >= 0.6 is 0 Å². The van der Waals surface area contributed by atoms with E-state index in [-0.39, 0.29) is 5.92 Å². The number of nitrogens with two attached hydrogens (primary N) is 1. The predicted octanol–water partition coefficient (Wildman–Crippen LogP) is 2.05. The molecule has 2 aromatic rings. The minimum Gasteiger partial charge on any atom is -0.478 e. The maximum atomic E-state index is 5.80. The van der Waals surface area contributed by atoms with Gasteiger partial charge in [0.15, 0.2) is 5.65 Å². The fourth-order valence-corrected chi connectivity index (χ4v) is 2.00. The third kappa shape index (κ3) is 2.46. The standard InChI is InChI=1S/C13H20N4O/c1-4-18-11-6-5-10-13(16-11)17-12(15-10)9(7-14)8(2)3/h5-6,8-9H,4,7,14H2,1-3H3,(H,15,16,17). The van der Waals surface area contributed by atoms with Crippen LogP contribution in [0.1, 0.15) is 32.5 Å².